The zero-order chi connectivity index (χ0) is 15.5. The van der Waals surface area contributed by atoms with Gasteiger partial charge in [0.2, 0.25) is 0 Å². The van der Waals surface area contributed by atoms with E-state index in [0.717, 1.165) is 17.0 Å². The molecule has 0 aromatic heterocycles. The third-order valence-electron chi connectivity index (χ3n) is 2.95. The molecule has 0 aliphatic heterocycles. The number of halogens is 4. The fraction of sp³-hybridized carbons (Fsp3) is 0.200. The van der Waals surface area contributed by atoms with Crippen LogP contribution >= 0.6 is 11.8 Å². The summed E-state index contributed by atoms with van der Waals surface area (Å²) in [4.78, 5) is 1.07. The Morgan fingerprint density at radius 2 is 1.71 bits per heavy atom. The number of anilines is 1. The van der Waals surface area contributed by atoms with Crippen molar-refractivity contribution in [2.24, 2.45) is 0 Å². The van der Waals surface area contributed by atoms with E-state index in [1.165, 1.54) is 0 Å². The van der Waals surface area contributed by atoms with Gasteiger partial charge in [-0.05, 0) is 48.2 Å². The van der Waals surface area contributed by atoms with Crippen LogP contribution in [0.3, 0.4) is 0 Å². The van der Waals surface area contributed by atoms with Gasteiger partial charge in [-0.25, -0.2) is 4.39 Å². The zero-order valence-electron chi connectivity index (χ0n) is 11.2. The molecule has 2 aromatic rings. The summed E-state index contributed by atoms with van der Waals surface area (Å²) in [5, 5.41) is 2.91. The summed E-state index contributed by atoms with van der Waals surface area (Å²) in [5.74, 6) is -0.893. The summed E-state index contributed by atoms with van der Waals surface area (Å²) in [6.45, 7) is -0.0201. The van der Waals surface area contributed by atoms with Gasteiger partial charge in [-0.2, -0.15) is 13.2 Å². The van der Waals surface area contributed by atoms with Gasteiger partial charge < -0.3 is 5.32 Å². The summed E-state index contributed by atoms with van der Waals surface area (Å²) >= 11 is 1.58. The molecule has 2 rings (SSSR count). The minimum atomic E-state index is -4.57. The van der Waals surface area contributed by atoms with E-state index < -0.39 is 17.6 Å². The average Bonchev–Trinajstić information content (AvgIpc) is 2.45. The maximum absolute atomic E-state index is 13.0. The van der Waals surface area contributed by atoms with Gasteiger partial charge in [0.05, 0.1) is 5.56 Å². The number of rotatable bonds is 4. The first kappa shape index (κ1) is 15.7. The van der Waals surface area contributed by atoms with Crippen molar-refractivity contribution in [2.45, 2.75) is 17.6 Å². The Bertz CT molecular complexity index is 608. The first-order valence-electron chi connectivity index (χ1n) is 6.13. The molecule has 0 saturated carbocycles. The van der Waals surface area contributed by atoms with Crippen LogP contribution in [0.1, 0.15) is 11.1 Å². The molecule has 1 nitrogen and oxygen atoms in total. The van der Waals surface area contributed by atoms with Crippen molar-refractivity contribution in [1.29, 1.82) is 0 Å². The molecular formula is C15H13F4NS. The van der Waals surface area contributed by atoms with Gasteiger partial charge in [0.1, 0.15) is 5.82 Å². The second-order valence-electron chi connectivity index (χ2n) is 4.38. The fourth-order valence-corrected chi connectivity index (χ4v) is 2.28. The first-order chi connectivity index (χ1) is 9.90. The van der Waals surface area contributed by atoms with Crippen LogP contribution in [-0.4, -0.2) is 6.26 Å². The Labute approximate surface area is 124 Å². The molecule has 0 saturated heterocycles. The van der Waals surface area contributed by atoms with Crippen LogP contribution in [0.5, 0.6) is 0 Å². The molecule has 0 radical (unpaired) electrons. The topological polar surface area (TPSA) is 12.0 Å². The molecule has 0 unspecified atom stereocenters. The lowest BCUT2D eigenvalue weighted by atomic mass is 10.1. The highest BCUT2D eigenvalue weighted by atomic mass is 32.2. The highest BCUT2D eigenvalue weighted by Gasteiger charge is 2.33. The number of nitrogens with one attached hydrogen (secondary N) is 1. The van der Waals surface area contributed by atoms with E-state index >= 15 is 0 Å². The van der Waals surface area contributed by atoms with E-state index in [1.54, 1.807) is 23.9 Å². The summed E-state index contributed by atoms with van der Waals surface area (Å²) in [7, 11) is 0. The van der Waals surface area contributed by atoms with E-state index in [1.807, 2.05) is 18.4 Å². The largest absolute Gasteiger partial charge is 0.416 e. The summed E-state index contributed by atoms with van der Waals surface area (Å²) < 4.78 is 51.6. The number of hydrogen-bond donors (Lipinski definition) is 1. The van der Waals surface area contributed by atoms with Crippen molar-refractivity contribution < 1.29 is 17.6 Å². The molecule has 0 bridgehead atoms. The van der Waals surface area contributed by atoms with Gasteiger partial charge >= 0.3 is 6.18 Å². The quantitative estimate of drug-likeness (QED) is 0.616. The monoisotopic (exact) mass is 315 g/mol. The summed E-state index contributed by atoms with van der Waals surface area (Å²) in [6.07, 6.45) is -2.63. The Balaban J connectivity index is 2.15. The fourth-order valence-electron chi connectivity index (χ4n) is 1.87. The second kappa shape index (κ2) is 6.39. The van der Waals surface area contributed by atoms with E-state index in [-0.39, 0.29) is 12.1 Å². The van der Waals surface area contributed by atoms with Gasteiger partial charge in [0.15, 0.2) is 0 Å². The third kappa shape index (κ3) is 4.14. The van der Waals surface area contributed by atoms with Crippen molar-refractivity contribution in [3.63, 3.8) is 0 Å². The van der Waals surface area contributed by atoms with Crippen LogP contribution in [0.25, 0.3) is 0 Å². The molecule has 1 N–H and O–H groups in total. The van der Waals surface area contributed by atoms with Crippen molar-refractivity contribution in [3.8, 4) is 0 Å². The van der Waals surface area contributed by atoms with E-state index in [2.05, 4.69) is 5.32 Å². The van der Waals surface area contributed by atoms with Crippen molar-refractivity contribution in [2.75, 3.05) is 11.6 Å². The third-order valence-corrected chi connectivity index (χ3v) is 3.69. The molecule has 2 aromatic carbocycles. The van der Waals surface area contributed by atoms with Crippen LogP contribution < -0.4 is 5.32 Å². The molecule has 0 amide bonds. The Morgan fingerprint density at radius 3 is 2.29 bits per heavy atom. The molecule has 112 valence electrons. The summed E-state index contributed by atoms with van der Waals surface area (Å²) in [5.41, 5.74) is -0.223. The lowest BCUT2D eigenvalue weighted by molar-refractivity contribution is -0.138. The first-order valence-corrected chi connectivity index (χ1v) is 7.36. The molecule has 6 heteroatoms. The van der Waals surface area contributed by atoms with Crippen LogP contribution in [0.15, 0.2) is 47.4 Å². The Hall–Kier alpha value is -1.69. The van der Waals surface area contributed by atoms with Gasteiger partial charge in [-0.15, -0.1) is 11.8 Å². The Morgan fingerprint density at radius 1 is 1.05 bits per heavy atom. The highest BCUT2D eigenvalue weighted by molar-refractivity contribution is 7.98. The maximum atomic E-state index is 13.0. The van der Waals surface area contributed by atoms with Crippen LogP contribution in [0, 0.1) is 5.82 Å². The molecule has 0 atom stereocenters. The molecule has 0 fully saturated rings. The normalized spacial score (nSPS) is 11.5. The van der Waals surface area contributed by atoms with Crippen LogP contribution in [0.4, 0.5) is 23.2 Å². The van der Waals surface area contributed by atoms with Gasteiger partial charge in [0.25, 0.3) is 0 Å². The highest BCUT2D eigenvalue weighted by Crippen LogP contribution is 2.33. The predicted octanol–water partition coefficient (Wildman–Crippen LogP) is 5.18. The average molecular weight is 315 g/mol. The Kier molecular flexibility index (Phi) is 4.77. The predicted molar refractivity (Wildman–Crippen MR) is 77.0 cm³/mol. The molecule has 21 heavy (non-hydrogen) atoms. The van der Waals surface area contributed by atoms with Gasteiger partial charge in [-0.3, -0.25) is 0 Å². The van der Waals surface area contributed by atoms with Crippen molar-refractivity contribution in [3.05, 3.63) is 59.4 Å². The van der Waals surface area contributed by atoms with E-state index in [9.17, 15) is 17.6 Å². The minimum Gasteiger partial charge on any atom is -0.381 e. The molecular weight excluding hydrogens is 302 g/mol. The zero-order valence-corrected chi connectivity index (χ0v) is 12.0. The lowest BCUT2D eigenvalue weighted by Gasteiger charge is -2.14. The molecule has 0 heterocycles. The second-order valence-corrected chi connectivity index (χ2v) is 5.26. The number of thioether (sulfide) groups is 1. The van der Waals surface area contributed by atoms with Crippen molar-refractivity contribution in [1.82, 2.24) is 0 Å². The lowest BCUT2D eigenvalue weighted by Crippen LogP contribution is -2.12. The minimum absolute atomic E-state index is 0.0119. The standard InChI is InChI=1S/C15H13F4NS/c1-21-13-6-4-12(5-7-13)20-9-10-2-3-11(16)8-14(10)15(17,18)19/h2-8,20H,9H2,1H3. The molecule has 0 aliphatic carbocycles. The van der Waals surface area contributed by atoms with Crippen LogP contribution in [-0.2, 0) is 12.7 Å². The number of benzene rings is 2. The van der Waals surface area contributed by atoms with E-state index in [0.29, 0.717) is 11.8 Å². The smallest absolute Gasteiger partial charge is 0.381 e. The van der Waals surface area contributed by atoms with Crippen molar-refractivity contribution >= 4 is 17.4 Å². The molecule has 0 spiro atoms. The maximum Gasteiger partial charge on any atom is 0.416 e. The van der Waals surface area contributed by atoms with E-state index in [4.69, 9.17) is 0 Å². The summed E-state index contributed by atoms with van der Waals surface area (Å²) in [6, 6.07) is 10.0. The van der Waals surface area contributed by atoms with Gasteiger partial charge in [0, 0.05) is 17.1 Å². The SMILES string of the molecule is CSc1ccc(NCc2ccc(F)cc2C(F)(F)F)cc1. The number of alkyl halides is 3. The number of hydrogen-bond acceptors (Lipinski definition) is 2. The van der Waals surface area contributed by atoms with Gasteiger partial charge in [-0.1, -0.05) is 6.07 Å². The molecule has 0 aliphatic rings. The van der Waals surface area contributed by atoms with Crippen LogP contribution in [0.2, 0.25) is 0 Å².